The van der Waals surface area contributed by atoms with Gasteiger partial charge >= 0.3 is 0 Å². The largest absolute Gasteiger partial charge is 0.379 e. The van der Waals surface area contributed by atoms with E-state index in [0.29, 0.717) is 12.1 Å². The maximum absolute atomic E-state index is 5.44. The zero-order valence-electron chi connectivity index (χ0n) is 9.36. The molecule has 2 rings (SSSR count). The van der Waals surface area contributed by atoms with Gasteiger partial charge in [-0.3, -0.25) is 0 Å². The summed E-state index contributed by atoms with van der Waals surface area (Å²) in [4.78, 5) is 4.31. The van der Waals surface area contributed by atoms with Crippen LogP contribution in [-0.4, -0.2) is 24.2 Å². The third-order valence-electron chi connectivity index (χ3n) is 3.00. The maximum Gasteiger partial charge on any atom is 0.126 e. The van der Waals surface area contributed by atoms with E-state index in [4.69, 9.17) is 4.74 Å². The second-order valence-electron chi connectivity index (χ2n) is 4.17. The fraction of sp³-hybridized carbons (Fsp3) is 0.583. The number of anilines is 1. The van der Waals surface area contributed by atoms with Gasteiger partial charge in [0.1, 0.15) is 5.82 Å². The number of ether oxygens (including phenoxy) is 1. The summed E-state index contributed by atoms with van der Waals surface area (Å²) in [5, 5.41) is 3.45. The molecule has 3 heteroatoms. The molecule has 0 spiro atoms. The van der Waals surface area contributed by atoms with Gasteiger partial charge in [0.05, 0.1) is 12.1 Å². The normalized spacial score (nSPS) is 25.5. The molecular formula is C12H18N2O. The van der Waals surface area contributed by atoms with Crippen molar-refractivity contribution in [1.82, 2.24) is 4.98 Å². The Morgan fingerprint density at radius 3 is 3.07 bits per heavy atom. The van der Waals surface area contributed by atoms with Gasteiger partial charge in [-0.05, 0) is 43.9 Å². The number of aromatic nitrogens is 1. The van der Waals surface area contributed by atoms with Gasteiger partial charge in [0, 0.05) is 13.3 Å². The van der Waals surface area contributed by atoms with Gasteiger partial charge in [0.15, 0.2) is 0 Å². The van der Waals surface area contributed by atoms with Gasteiger partial charge in [-0.1, -0.05) is 0 Å². The van der Waals surface area contributed by atoms with E-state index in [1.807, 2.05) is 12.3 Å². The summed E-state index contributed by atoms with van der Waals surface area (Å²) >= 11 is 0. The van der Waals surface area contributed by atoms with Crippen molar-refractivity contribution in [1.29, 1.82) is 0 Å². The van der Waals surface area contributed by atoms with E-state index in [9.17, 15) is 0 Å². The number of methoxy groups -OCH3 is 1. The second kappa shape index (κ2) is 4.62. The smallest absolute Gasteiger partial charge is 0.126 e. The lowest BCUT2D eigenvalue weighted by Crippen LogP contribution is -2.30. The fourth-order valence-corrected chi connectivity index (χ4v) is 2.18. The lowest BCUT2D eigenvalue weighted by atomic mass is 10.2. The average molecular weight is 206 g/mol. The number of nitrogens with zero attached hydrogens (tertiary/aromatic N) is 1. The van der Waals surface area contributed by atoms with Gasteiger partial charge in [-0.2, -0.15) is 0 Å². The number of nitrogens with one attached hydrogen (secondary N) is 1. The number of rotatable bonds is 3. The topological polar surface area (TPSA) is 34.1 Å². The molecule has 0 bridgehead atoms. The predicted octanol–water partition coefficient (Wildman–Crippen LogP) is 2.37. The molecule has 2 unspecified atom stereocenters. The Kier molecular flexibility index (Phi) is 3.21. The summed E-state index contributed by atoms with van der Waals surface area (Å²) in [5.74, 6) is 0.962. The van der Waals surface area contributed by atoms with E-state index >= 15 is 0 Å². The molecule has 15 heavy (non-hydrogen) atoms. The summed E-state index contributed by atoms with van der Waals surface area (Å²) in [7, 11) is 1.79. The van der Waals surface area contributed by atoms with E-state index in [1.54, 1.807) is 7.11 Å². The molecule has 1 heterocycles. The summed E-state index contributed by atoms with van der Waals surface area (Å²) in [6.07, 6.45) is 5.75. The van der Waals surface area contributed by atoms with E-state index in [1.165, 1.54) is 18.4 Å². The minimum Gasteiger partial charge on any atom is -0.379 e. The first kappa shape index (κ1) is 10.4. The first-order valence-electron chi connectivity index (χ1n) is 5.51. The van der Waals surface area contributed by atoms with E-state index in [0.717, 1.165) is 12.2 Å². The summed E-state index contributed by atoms with van der Waals surface area (Å²) in [5.41, 5.74) is 1.24. The molecule has 0 amide bonds. The van der Waals surface area contributed by atoms with Crippen molar-refractivity contribution >= 4 is 5.82 Å². The van der Waals surface area contributed by atoms with Gasteiger partial charge in [0.2, 0.25) is 0 Å². The number of hydrogen-bond donors (Lipinski definition) is 1. The van der Waals surface area contributed by atoms with Crippen LogP contribution in [0.2, 0.25) is 0 Å². The predicted molar refractivity (Wildman–Crippen MR) is 61.0 cm³/mol. The van der Waals surface area contributed by atoms with E-state index in [-0.39, 0.29) is 0 Å². The van der Waals surface area contributed by atoms with Gasteiger partial charge in [0.25, 0.3) is 0 Å². The highest BCUT2D eigenvalue weighted by Gasteiger charge is 2.26. The van der Waals surface area contributed by atoms with Gasteiger partial charge in [-0.15, -0.1) is 0 Å². The molecule has 1 aliphatic carbocycles. The first-order chi connectivity index (χ1) is 7.29. The van der Waals surface area contributed by atoms with Gasteiger partial charge < -0.3 is 10.1 Å². The highest BCUT2D eigenvalue weighted by Crippen LogP contribution is 2.24. The molecule has 3 nitrogen and oxygen atoms in total. The molecule has 0 aromatic carbocycles. The van der Waals surface area contributed by atoms with Crippen LogP contribution in [0.4, 0.5) is 5.82 Å². The van der Waals surface area contributed by atoms with Crippen molar-refractivity contribution in [2.45, 2.75) is 38.3 Å². The zero-order chi connectivity index (χ0) is 10.7. The minimum absolute atomic E-state index is 0.340. The SMILES string of the molecule is COC1CCCC1Nc1cc(C)ccn1. The molecule has 2 atom stereocenters. The Morgan fingerprint density at radius 2 is 2.33 bits per heavy atom. The molecule has 82 valence electrons. The fourth-order valence-electron chi connectivity index (χ4n) is 2.18. The molecular weight excluding hydrogens is 188 g/mol. The molecule has 0 aliphatic heterocycles. The van der Waals surface area contributed by atoms with Crippen LogP contribution in [0.1, 0.15) is 24.8 Å². The molecule has 1 aliphatic rings. The van der Waals surface area contributed by atoms with Crippen molar-refractivity contribution in [3.63, 3.8) is 0 Å². The highest BCUT2D eigenvalue weighted by molar-refractivity contribution is 5.38. The minimum atomic E-state index is 0.340. The lowest BCUT2D eigenvalue weighted by Gasteiger charge is -2.20. The van der Waals surface area contributed by atoms with Crippen LogP contribution in [-0.2, 0) is 4.74 Å². The molecule has 0 saturated heterocycles. The summed E-state index contributed by atoms with van der Waals surface area (Å²) in [6, 6.07) is 4.50. The van der Waals surface area contributed by atoms with Crippen molar-refractivity contribution in [3.05, 3.63) is 23.9 Å². The molecule has 0 radical (unpaired) electrons. The van der Waals surface area contributed by atoms with E-state index < -0.39 is 0 Å². The van der Waals surface area contributed by atoms with Crippen molar-refractivity contribution < 1.29 is 4.74 Å². The van der Waals surface area contributed by atoms with Crippen LogP contribution in [0.5, 0.6) is 0 Å². The van der Waals surface area contributed by atoms with Gasteiger partial charge in [-0.25, -0.2) is 4.98 Å². The number of aryl methyl sites for hydroxylation is 1. The van der Waals surface area contributed by atoms with E-state index in [2.05, 4.69) is 23.3 Å². The molecule has 1 fully saturated rings. The van der Waals surface area contributed by atoms with Crippen LogP contribution < -0.4 is 5.32 Å². The Morgan fingerprint density at radius 1 is 1.47 bits per heavy atom. The monoisotopic (exact) mass is 206 g/mol. The quantitative estimate of drug-likeness (QED) is 0.824. The standard InChI is InChI=1S/C12H18N2O/c1-9-6-7-13-12(8-9)14-10-4-3-5-11(10)15-2/h6-8,10-11H,3-5H2,1-2H3,(H,13,14). The Labute approximate surface area is 90.9 Å². The van der Waals surface area contributed by atoms with Crippen molar-refractivity contribution in [2.75, 3.05) is 12.4 Å². The maximum atomic E-state index is 5.44. The first-order valence-corrected chi connectivity index (χ1v) is 5.51. The van der Waals surface area contributed by atoms with Crippen LogP contribution in [0.25, 0.3) is 0 Å². The third kappa shape index (κ3) is 2.48. The van der Waals surface area contributed by atoms with Crippen LogP contribution in [0, 0.1) is 6.92 Å². The van der Waals surface area contributed by atoms with Crippen molar-refractivity contribution in [2.24, 2.45) is 0 Å². The average Bonchev–Trinajstić information content (AvgIpc) is 2.65. The second-order valence-corrected chi connectivity index (χ2v) is 4.17. The Bertz CT molecular complexity index is 327. The number of pyridine rings is 1. The van der Waals surface area contributed by atoms with Crippen LogP contribution >= 0.6 is 0 Å². The van der Waals surface area contributed by atoms with Crippen LogP contribution in [0.15, 0.2) is 18.3 Å². The molecule has 1 aromatic heterocycles. The highest BCUT2D eigenvalue weighted by atomic mass is 16.5. The molecule has 1 aromatic rings. The number of hydrogen-bond acceptors (Lipinski definition) is 3. The summed E-state index contributed by atoms with van der Waals surface area (Å²) in [6.45, 7) is 2.08. The van der Waals surface area contributed by atoms with Crippen LogP contribution in [0.3, 0.4) is 0 Å². The van der Waals surface area contributed by atoms with Crippen molar-refractivity contribution in [3.8, 4) is 0 Å². The summed E-state index contributed by atoms with van der Waals surface area (Å²) < 4.78 is 5.44. The molecule has 1 saturated carbocycles. The molecule has 1 N–H and O–H groups in total. The Balaban J connectivity index is 2.02. The lowest BCUT2D eigenvalue weighted by molar-refractivity contribution is 0.101. The third-order valence-corrected chi connectivity index (χ3v) is 3.00. The Hall–Kier alpha value is -1.09. The zero-order valence-corrected chi connectivity index (χ0v) is 9.36.